The summed E-state index contributed by atoms with van der Waals surface area (Å²) in [7, 11) is -1.01. The molecule has 3 N–H and O–H groups in total. The number of sulfonamides is 1. The van der Waals surface area contributed by atoms with Crippen LogP contribution in [0.3, 0.4) is 0 Å². The number of nitrogens with zero attached hydrogens (tertiary/aromatic N) is 3. The molecule has 0 saturated heterocycles. The van der Waals surface area contributed by atoms with Crippen molar-refractivity contribution in [2.24, 2.45) is 4.99 Å². The number of hydrogen-bond acceptors (Lipinski definition) is 7. The average molecular weight is 517 g/mol. The summed E-state index contributed by atoms with van der Waals surface area (Å²) in [5.41, 5.74) is 0.919. The first-order valence-electron chi connectivity index (χ1n) is 10.5. The monoisotopic (exact) mass is 516 g/mol. The van der Waals surface area contributed by atoms with Gasteiger partial charge in [-0.2, -0.15) is 4.98 Å². The van der Waals surface area contributed by atoms with Crippen molar-refractivity contribution in [2.45, 2.75) is 24.2 Å². The third kappa shape index (κ3) is 4.82. The quantitative estimate of drug-likeness (QED) is 0.421. The molecular weight excluding hydrogens is 495 g/mol. The molecule has 12 heteroatoms. The molecule has 3 aromatic rings. The molecule has 0 bridgehead atoms. The van der Waals surface area contributed by atoms with Crippen molar-refractivity contribution in [2.75, 3.05) is 29.5 Å². The molecule has 182 valence electrons. The van der Waals surface area contributed by atoms with Crippen LogP contribution in [0.25, 0.3) is 0 Å². The second kappa shape index (κ2) is 9.59. The summed E-state index contributed by atoms with van der Waals surface area (Å²) in [6, 6.07) is 8.34. The Balaban J connectivity index is 1.70. The normalized spacial score (nSPS) is 16.4. The number of Topliss-reactive ketones (excluding diaryl/α,β-unsaturated/α-hetero) is 1. The minimum Gasteiger partial charge on any atom is -0.357 e. The number of halogens is 2. The molecular formula is C23H22ClFN6O3S. The first-order valence-corrected chi connectivity index (χ1v) is 12.4. The number of fused-ring (bicyclic) bond motifs is 1. The Morgan fingerprint density at radius 2 is 2.06 bits per heavy atom. The highest BCUT2D eigenvalue weighted by atomic mass is 35.5. The van der Waals surface area contributed by atoms with Crippen LogP contribution in [0.4, 0.5) is 21.8 Å². The van der Waals surface area contributed by atoms with Crippen molar-refractivity contribution in [1.82, 2.24) is 9.97 Å². The standard InChI is InChI=1S/C23H22ClFN6O3S/c1-12(32)13-7-8-17(24)19(10-13)35(33,34)31-18-6-4-5-15(20(18)25)16-9-14-11-28-23(27-3)30-21(14)29-22(16)26-2/h4-8,10-11,16,31H,9H2,1-3H3,(H2,26,27,28,29,30). The average Bonchev–Trinajstić information content (AvgIpc) is 2.84. The summed E-state index contributed by atoms with van der Waals surface area (Å²) in [5, 5.41) is 5.89. The molecule has 35 heavy (non-hydrogen) atoms. The van der Waals surface area contributed by atoms with Gasteiger partial charge < -0.3 is 10.6 Å². The molecule has 0 aliphatic carbocycles. The van der Waals surface area contributed by atoms with E-state index in [1.54, 1.807) is 32.4 Å². The van der Waals surface area contributed by atoms with Crippen LogP contribution in [0.1, 0.15) is 34.3 Å². The smallest absolute Gasteiger partial charge is 0.263 e. The van der Waals surface area contributed by atoms with Crippen LogP contribution in [0.2, 0.25) is 5.02 Å². The van der Waals surface area contributed by atoms with E-state index in [0.717, 1.165) is 11.6 Å². The number of carbonyl (C=O) groups is 1. The first kappa shape index (κ1) is 24.6. The maximum atomic E-state index is 15.7. The van der Waals surface area contributed by atoms with Gasteiger partial charge in [0.05, 0.1) is 10.7 Å². The van der Waals surface area contributed by atoms with Crippen molar-refractivity contribution in [3.63, 3.8) is 0 Å². The van der Waals surface area contributed by atoms with Crippen LogP contribution in [0.5, 0.6) is 0 Å². The van der Waals surface area contributed by atoms with Crippen LogP contribution in [0, 0.1) is 5.82 Å². The molecule has 0 radical (unpaired) electrons. The lowest BCUT2D eigenvalue weighted by Gasteiger charge is -2.28. The highest BCUT2D eigenvalue weighted by Crippen LogP contribution is 2.35. The summed E-state index contributed by atoms with van der Waals surface area (Å²) in [4.78, 5) is 24.2. The topological polar surface area (TPSA) is 125 Å². The van der Waals surface area contributed by atoms with Crippen LogP contribution >= 0.6 is 11.6 Å². The number of ketones is 1. The number of carbonyl (C=O) groups excluding carboxylic acids is 1. The van der Waals surface area contributed by atoms with Gasteiger partial charge >= 0.3 is 0 Å². The SMILES string of the molecule is CN=C1Nc2nc(NC)ncc2CC1c1cccc(NS(=O)(=O)c2cc(C(C)=O)ccc2Cl)c1F. The van der Waals surface area contributed by atoms with Crippen molar-refractivity contribution in [3.8, 4) is 0 Å². The summed E-state index contributed by atoms with van der Waals surface area (Å²) < 4.78 is 44.0. The molecule has 0 fully saturated rings. The number of nitrogens with one attached hydrogen (secondary N) is 3. The van der Waals surface area contributed by atoms with E-state index in [2.05, 4.69) is 30.3 Å². The highest BCUT2D eigenvalue weighted by Gasteiger charge is 2.30. The number of aromatic nitrogens is 2. The highest BCUT2D eigenvalue weighted by molar-refractivity contribution is 7.92. The van der Waals surface area contributed by atoms with E-state index in [4.69, 9.17) is 11.6 Å². The molecule has 2 heterocycles. The summed E-state index contributed by atoms with van der Waals surface area (Å²) >= 11 is 6.09. The molecule has 1 unspecified atom stereocenters. The van der Waals surface area contributed by atoms with Gasteiger partial charge in [-0.05, 0) is 37.6 Å². The van der Waals surface area contributed by atoms with Gasteiger partial charge in [-0.3, -0.25) is 14.5 Å². The number of anilines is 3. The molecule has 1 atom stereocenters. The first-order chi connectivity index (χ1) is 16.6. The van der Waals surface area contributed by atoms with Gasteiger partial charge in [-0.1, -0.05) is 23.7 Å². The van der Waals surface area contributed by atoms with E-state index in [0.29, 0.717) is 24.0 Å². The molecule has 0 spiro atoms. The number of benzene rings is 2. The van der Waals surface area contributed by atoms with Gasteiger partial charge in [-0.25, -0.2) is 17.8 Å². The summed E-state index contributed by atoms with van der Waals surface area (Å²) in [6.07, 6.45) is 2.01. The Hall–Kier alpha value is -3.57. The maximum Gasteiger partial charge on any atom is 0.263 e. The Morgan fingerprint density at radius 1 is 1.29 bits per heavy atom. The van der Waals surface area contributed by atoms with Gasteiger partial charge in [-0.15, -0.1) is 0 Å². The maximum absolute atomic E-state index is 15.7. The zero-order chi connectivity index (χ0) is 25.3. The fraction of sp³-hybridized carbons (Fsp3) is 0.217. The van der Waals surface area contributed by atoms with Crippen molar-refractivity contribution < 1.29 is 17.6 Å². The zero-order valence-electron chi connectivity index (χ0n) is 19.1. The summed E-state index contributed by atoms with van der Waals surface area (Å²) in [6.45, 7) is 1.31. The number of hydrogen-bond donors (Lipinski definition) is 3. The molecule has 4 rings (SSSR count). The lowest BCUT2D eigenvalue weighted by Crippen LogP contribution is -2.30. The lowest BCUT2D eigenvalue weighted by atomic mass is 9.88. The lowest BCUT2D eigenvalue weighted by molar-refractivity contribution is 0.101. The number of rotatable bonds is 6. The second-order valence-corrected chi connectivity index (χ2v) is 9.88. The van der Waals surface area contributed by atoms with Gasteiger partial charge in [0.15, 0.2) is 11.6 Å². The van der Waals surface area contributed by atoms with Gasteiger partial charge in [0, 0.05) is 42.9 Å². The molecule has 0 saturated carbocycles. The molecule has 1 aliphatic rings. The Morgan fingerprint density at radius 3 is 2.74 bits per heavy atom. The van der Waals surface area contributed by atoms with E-state index in [1.807, 2.05) is 0 Å². The van der Waals surface area contributed by atoms with Gasteiger partial charge in [0.1, 0.15) is 16.5 Å². The Kier molecular flexibility index (Phi) is 6.73. The Labute approximate surface area is 206 Å². The van der Waals surface area contributed by atoms with E-state index >= 15 is 4.39 Å². The van der Waals surface area contributed by atoms with E-state index < -0.39 is 21.8 Å². The largest absolute Gasteiger partial charge is 0.357 e. The minimum atomic E-state index is -4.29. The molecule has 1 aliphatic heterocycles. The van der Waals surface area contributed by atoms with Crippen LogP contribution < -0.4 is 15.4 Å². The molecule has 0 amide bonds. The van der Waals surface area contributed by atoms with Crippen molar-refractivity contribution >= 4 is 50.7 Å². The summed E-state index contributed by atoms with van der Waals surface area (Å²) in [5.74, 6) is -0.119. The van der Waals surface area contributed by atoms with Crippen molar-refractivity contribution in [3.05, 3.63) is 70.1 Å². The van der Waals surface area contributed by atoms with Crippen molar-refractivity contribution in [1.29, 1.82) is 0 Å². The fourth-order valence-corrected chi connectivity index (χ4v) is 5.39. The van der Waals surface area contributed by atoms with Crippen LogP contribution in [0.15, 0.2) is 52.5 Å². The van der Waals surface area contributed by atoms with Crippen LogP contribution in [-0.2, 0) is 16.4 Å². The zero-order valence-corrected chi connectivity index (χ0v) is 20.6. The number of aliphatic imine (C=N–C) groups is 1. The third-order valence-electron chi connectivity index (χ3n) is 5.61. The molecule has 2 aromatic carbocycles. The third-order valence-corrected chi connectivity index (χ3v) is 7.45. The predicted molar refractivity (Wildman–Crippen MR) is 134 cm³/mol. The van der Waals surface area contributed by atoms with E-state index in [9.17, 15) is 13.2 Å². The van der Waals surface area contributed by atoms with E-state index in [-0.39, 0.29) is 32.5 Å². The van der Waals surface area contributed by atoms with E-state index in [1.165, 1.54) is 25.1 Å². The van der Waals surface area contributed by atoms with Gasteiger partial charge in [0.2, 0.25) is 5.95 Å². The Bertz CT molecular complexity index is 1460. The fourth-order valence-electron chi connectivity index (χ4n) is 3.80. The molecule has 1 aromatic heterocycles. The number of amidine groups is 1. The van der Waals surface area contributed by atoms with Crippen LogP contribution in [-0.4, -0.2) is 44.1 Å². The van der Waals surface area contributed by atoms with Gasteiger partial charge in [0.25, 0.3) is 10.0 Å². The second-order valence-electron chi connectivity index (χ2n) is 7.82. The minimum absolute atomic E-state index is 0.0894. The predicted octanol–water partition coefficient (Wildman–Crippen LogP) is 4.09. The molecule has 9 nitrogen and oxygen atoms in total.